The molecule has 2 atom stereocenters. The molecular formula is C12H24N2O4S. The molecular weight excluding hydrogens is 268 g/mol. The monoisotopic (exact) mass is 292 g/mol. The Morgan fingerprint density at radius 3 is 2.68 bits per heavy atom. The van der Waals surface area contributed by atoms with E-state index in [0.29, 0.717) is 26.2 Å². The van der Waals surface area contributed by atoms with E-state index in [9.17, 15) is 13.2 Å². The molecule has 6 nitrogen and oxygen atoms in total. The first-order chi connectivity index (χ1) is 8.94. The maximum absolute atomic E-state index is 12.0. The zero-order valence-corrected chi connectivity index (χ0v) is 12.5. The van der Waals surface area contributed by atoms with Gasteiger partial charge in [-0.2, -0.15) is 0 Å². The minimum Gasteiger partial charge on any atom is -0.379 e. The molecule has 0 aromatic carbocycles. The molecule has 1 saturated heterocycles. The fourth-order valence-corrected chi connectivity index (χ4v) is 2.69. The van der Waals surface area contributed by atoms with E-state index < -0.39 is 9.84 Å². The van der Waals surface area contributed by atoms with Crippen molar-refractivity contribution in [1.82, 2.24) is 10.6 Å². The number of sulfone groups is 1. The van der Waals surface area contributed by atoms with Gasteiger partial charge >= 0.3 is 0 Å². The van der Waals surface area contributed by atoms with Gasteiger partial charge < -0.3 is 15.4 Å². The zero-order chi connectivity index (χ0) is 14.3. The number of nitrogens with one attached hydrogen (secondary N) is 2. The Hall–Kier alpha value is -0.660. The van der Waals surface area contributed by atoms with Gasteiger partial charge in [0.25, 0.3) is 0 Å². The Bertz CT molecular complexity index is 383. The lowest BCUT2D eigenvalue weighted by molar-refractivity contribution is -0.125. The third kappa shape index (κ3) is 6.35. The molecule has 112 valence electrons. The van der Waals surface area contributed by atoms with Gasteiger partial charge in [-0.25, -0.2) is 8.42 Å². The van der Waals surface area contributed by atoms with Crippen molar-refractivity contribution in [3.8, 4) is 0 Å². The molecule has 1 heterocycles. The molecule has 1 amide bonds. The summed E-state index contributed by atoms with van der Waals surface area (Å²) in [7, 11) is -2.95. The second-order valence-electron chi connectivity index (χ2n) is 4.98. The normalized spacial score (nSPS) is 23.5. The number of ether oxygens (including phenoxy) is 1. The van der Waals surface area contributed by atoms with E-state index in [-0.39, 0.29) is 23.6 Å². The first kappa shape index (κ1) is 16.4. The quantitative estimate of drug-likeness (QED) is 0.592. The van der Waals surface area contributed by atoms with Gasteiger partial charge in [-0.15, -0.1) is 0 Å². The van der Waals surface area contributed by atoms with Gasteiger partial charge in [-0.05, 0) is 19.4 Å². The van der Waals surface area contributed by atoms with Crippen molar-refractivity contribution in [3.63, 3.8) is 0 Å². The van der Waals surface area contributed by atoms with Crippen LogP contribution in [-0.2, 0) is 19.4 Å². The summed E-state index contributed by atoms with van der Waals surface area (Å²) < 4.78 is 27.2. The highest BCUT2D eigenvalue weighted by atomic mass is 32.2. The number of rotatable bonds is 8. The Morgan fingerprint density at radius 2 is 2.05 bits per heavy atom. The summed E-state index contributed by atoms with van der Waals surface area (Å²) in [5, 5.41) is 6.08. The second-order valence-corrected chi connectivity index (χ2v) is 7.24. The van der Waals surface area contributed by atoms with Crippen LogP contribution < -0.4 is 10.6 Å². The molecule has 0 radical (unpaired) electrons. The average molecular weight is 292 g/mol. The largest absolute Gasteiger partial charge is 0.379 e. The van der Waals surface area contributed by atoms with Gasteiger partial charge in [0, 0.05) is 18.8 Å². The predicted molar refractivity (Wildman–Crippen MR) is 73.7 cm³/mol. The molecule has 0 spiro atoms. The maximum Gasteiger partial charge on any atom is 0.227 e. The van der Waals surface area contributed by atoms with E-state index >= 15 is 0 Å². The lowest BCUT2D eigenvalue weighted by atomic mass is 10.0. The highest BCUT2D eigenvalue weighted by Crippen LogP contribution is 2.13. The SMILES string of the molecule is CCCNC1COCC1C(=O)NCCCS(C)(=O)=O. The molecule has 0 aromatic rings. The molecule has 0 saturated carbocycles. The summed E-state index contributed by atoms with van der Waals surface area (Å²) in [6, 6.07) is 0.0647. The fraction of sp³-hybridized carbons (Fsp3) is 0.917. The molecule has 0 aromatic heterocycles. The summed E-state index contributed by atoms with van der Waals surface area (Å²) in [5.41, 5.74) is 0. The average Bonchev–Trinajstić information content (AvgIpc) is 2.79. The molecule has 1 rings (SSSR count). The molecule has 0 aliphatic carbocycles. The molecule has 1 aliphatic heterocycles. The van der Waals surface area contributed by atoms with Crippen molar-refractivity contribution in [2.45, 2.75) is 25.8 Å². The summed E-state index contributed by atoms with van der Waals surface area (Å²) in [5.74, 6) is -0.129. The van der Waals surface area contributed by atoms with Crippen LogP contribution in [0.25, 0.3) is 0 Å². The molecule has 2 N–H and O–H groups in total. The molecule has 0 bridgehead atoms. The van der Waals surface area contributed by atoms with Gasteiger partial charge in [-0.1, -0.05) is 6.92 Å². The van der Waals surface area contributed by atoms with Crippen LogP contribution in [0.1, 0.15) is 19.8 Å². The van der Waals surface area contributed by atoms with Crippen LogP contribution >= 0.6 is 0 Å². The van der Waals surface area contributed by atoms with E-state index in [1.807, 2.05) is 0 Å². The standard InChI is InChI=1S/C12H24N2O4S/c1-3-5-13-11-9-18-8-10(11)12(15)14-6-4-7-19(2,16)17/h10-11,13H,3-9H2,1-2H3,(H,14,15). The van der Waals surface area contributed by atoms with E-state index in [1.54, 1.807) is 0 Å². The maximum atomic E-state index is 12.0. The number of hydrogen-bond acceptors (Lipinski definition) is 5. The van der Waals surface area contributed by atoms with Gasteiger partial charge in [0.1, 0.15) is 9.84 Å². The smallest absolute Gasteiger partial charge is 0.227 e. The van der Waals surface area contributed by atoms with Gasteiger partial charge in [0.05, 0.1) is 24.9 Å². The third-order valence-corrected chi connectivity index (χ3v) is 4.10. The highest BCUT2D eigenvalue weighted by molar-refractivity contribution is 7.90. The fourth-order valence-electron chi connectivity index (χ4n) is 2.02. The Kier molecular flexibility index (Phi) is 6.74. The predicted octanol–water partition coefficient (Wildman–Crippen LogP) is -0.448. The minimum atomic E-state index is -2.95. The first-order valence-corrected chi connectivity index (χ1v) is 8.76. The summed E-state index contributed by atoms with van der Waals surface area (Å²) in [4.78, 5) is 12.0. The first-order valence-electron chi connectivity index (χ1n) is 6.70. The van der Waals surface area contributed by atoms with Crippen LogP contribution in [-0.4, -0.2) is 58.7 Å². The molecule has 7 heteroatoms. The summed E-state index contributed by atoms with van der Waals surface area (Å²) in [6.45, 7) is 4.32. The number of amides is 1. The van der Waals surface area contributed by atoms with E-state index in [1.165, 1.54) is 6.26 Å². The third-order valence-electron chi connectivity index (χ3n) is 3.06. The minimum absolute atomic E-state index is 0.0559. The highest BCUT2D eigenvalue weighted by Gasteiger charge is 2.33. The van der Waals surface area contributed by atoms with Crippen LogP contribution in [0.3, 0.4) is 0 Å². The van der Waals surface area contributed by atoms with Crippen molar-refractivity contribution in [3.05, 3.63) is 0 Å². The Morgan fingerprint density at radius 1 is 1.32 bits per heavy atom. The number of carbonyl (C=O) groups is 1. The van der Waals surface area contributed by atoms with Crippen molar-refractivity contribution in [1.29, 1.82) is 0 Å². The van der Waals surface area contributed by atoms with Crippen molar-refractivity contribution < 1.29 is 17.9 Å². The number of hydrogen-bond donors (Lipinski definition) is 2. The molecule has 19 heavy (non-hydrogen) atoms. The van der Waals surface area contributed by atoms with Crippen LogP contribution in [0.5, 0.6) is 0 Å². The van der Waals surface area contributed by atoms with Gasteiger partial charge in [0.2, 0.25) is 5.91 Å². The molecule has 1 fully saturated rings. The van der Waals surface area contributed by atoms with Gasteiger partial charge in [0.15, 0.2) is 0 Å². The number of carbonyl (C=O) groups excluding carboxylic acids is 1. The zero-order valence-electron chi connectivity index (χ0n) is 11.6. The van der Waals surface area contributed by atoms with Gasteiger partial charge in [-0.3, -0.25) is 4.79 Å². The van der Waals surface area contributed by atoms with E-state index in [4.69, 9.17) is 4.74 Å². The lowest BCUT2D eigenvalue weighted by Gasteiger charge is -2.18. The second kappa shape index (κ2) is 7.81. The van der Waals surface area contributed by atoms with Crippen LogP contribution in [0.2, 0.25) is 0 Å². The van der Waals surface area contributed by atoms with Crippen molar-refractivity contribution in [2.75, 3.05) is 38.3 Å². The topological polar surface area (TPSA) is 84.5 Å². The molecule has 1 aliphatic rings. The van der Waals surface area contributed by atoms with E-state index in [0.717, 1.165) is 13.0 Å². The van der Waals surface area contributed by atoms with Crippen molar-refractivity contribution >= 4 is 15.7 Å². The summed E-state index contributed by atoms with van der Waals surface area (Å²) >= 11 is 0. The van der Waals surface area contributed by atoms with Crippen molar-refractivity contribution in [2.24, 2.45) is 5.92 Å². The van der Waals surface area contributed by atoms with Crippen LogP contribution in [0.15, 0.2) is 0 Å². The lowest BCUT2D eigenvalue weighted by Crippen LogP contribution is -2.44. The molecule has 2 unspecified atom stereocenters. The summed E-state index contributed by atoms with van der Waals surface area (Å²) in [6.07, 6.45) is 2.66. The van der Waals surface area contributed by atoms with E-state index in [2.05, 4.69) is 17.6 Å². The Labute approximate surface area is 115 Å². The van der Waals surface area contributed by atoms with Crippen LogP contribution in [0.4, 0.5) is 0 Å². The van der Waals surface area contributed by atoms with Crippen LogP contribution in [0, 0.1) is 5.92 Å². The Balaban J connectivity index is 2.28.